The molecule has 0 bridgehead atoms. The molecular formula is C19H31N3O2. The van der Waals surface area contributed by atoms with Crippen molar-refractivity contribution < 1.29 is 9.53 Å². The molecule has 1 aliphatic heterocycles. The van der Waals surface area contributed by atoms with E-state index in [0.717, 1.165) is 39.1 Å². The number of nitrogens with zero attached hydrogens (tertiary/aromatic N) is 1. The second-order valence-electron chi connectivity index (χ2n) is 6.91. The predicted molar refractivity (Wildman–Crippen MR) is 97.0 cm³/mol. The molecule has 1 heterocycles. The lowest BCUT2D eigenvalue weighted by Crippen LogP contribution is -2.50. The molecule has 0 aliphatic carbocycles. The molecule has 2 N–H and O–H groups in total. The lowest BCUT2D eigenvalue weighted by Gasteiger charge is -2.30. The normalized spacial score (nSPS) is 17.0. The number of hydrogen-bond acceptors (Lipinski definition) is 3. The molecule has 24 heavy (non-hydrogen) atoms. The fourth-order valence-electron chi connectivity index (χ4n) is 2.97. The van der Waals surface area contributed by atoms with Crippen LogP contribution in [0.5, 0.6) is 0 Å². The maximum Gasteiger partial charge on any atom is 0.315 e. The van der Waals surface area contributed by atoms with Crippen molar-refractivity contribution in [2.45, 2.75) is 58.3 Å². The maximum absolute atomic E-state index is 12.1. The number of carbonyl (C=O) groups is 1. The number of benzene rings is 1. The van der Waals surface area contributed by atoms with E-state index < -0.39 is 0 Å². The largest absolute Gasteiger partial charge is 0.381 e. The van der Waals surface area contributed by atoms with E-state index in [0.29, 0.717) is 6.04 Å². The molecule has 5 heteroatoms. The number of amides is 2. The third kappa shape index (κ3) is 6.49. The van der Waals surface area contributed by atoms with E-state index >= 15 is 0 Å². The van der Waals surface area contributed by atoms with E-state index in [1.165, 1.54) is 5.56 Å². The van der Waals surface area contributed by atoms with E-state index in [1.807, 2.05) is 6.07 Å². The van der Waals surface area contributed by atoms with Crippen molar-refractivity contribution in [2.24, 2.45) is 0 Å². The van der Waals surface area contributed by atoms with Crippen LogP contribution in [0.25, 0.3) is 0 Å². The lowest BCUT2D eigenvalue weighted by molar-refractivity contribution is 0.0798. The third-order valence-corrected chi connectivity index (χ3v) is 4.40. The molecule has 0 radical (unpaired) electrons. The van der Waals surface area contributed by atoms with Crippen LogP contribution < -0.4 is 10.6 Å². The van der Waals surface area contributed by atoms with Crippen LogP contribution >= 0.6 is 0 Å². The van der Waals surface area contributed by atoms with Gasteiger partial charge in [-0.25, -0.2) is 4.79 Å². The van der Waals surface area contributed by atoms with Gasteiger partial charge in [-0.05, 0) is 39.2 Å². The Balaban J connectivity index is 1.79. The number of nitrogens with one attached hydrogen (secondary N) is 2. The highest BCUT2D eigenvalue weighted by atomic mass is 16.5. The van der Waals surface area contributed by atoms with E-state index in [4.69, 9.17) is 4.74 Å². The Hall–Kier alpha value is -1.59. The van der Waals surface area contributed by atoms with E-state index in [9.17, 15) is 4.79 Å². The van der Waals surface area contributed by atoms with Crippen molar-refractivity contribution in [3.8, 4) is 0 Å². The highest BCUT2D eigenvalue weighted by molar-refractivity contribution is 5.74. The zero-order valence-corrected chi connectivity index (χ0v) is 15.1. The lowest BCUT2D eigenvalue weighted by atomic mass is 10.1. The van der Waals surface area contributed by atoms with Crippen LogP contribution in [0.3, 0.4) is 0 Å². The SMILES string of the molecule is CC(CN(Cc1ccccc1)C(C)C)NC(=O)NC1CCOCC1. The Morgan fingerprint density at radius 3 is 2.50 bits per heavy atom. The summed E-state index contributed by atoms with van der Waals surface area (Å²) in [6.07, 6.45) is 1.79. The average molecular weight is 333 g/mol. The molecule has 0 aromatic heterocycles. The molecule has 1 aromatic carbocycles. The standard InChI is InChI=1S/C19H31N3O2/c1-15(2)22(14-17-7-5-4-6-8-17)13-16(3)20-19(23)21-18-9-11-24-12-10-18/h4-8,15-16,18H,9-14H2,1-3H3,(H2,20,21,23). The smallest absolute Gasteiger partial charge is 0.315 e. The monoisotopic (exact) mass is 333 g/mol. The molecule has 1 unspecified atom stereocenters. The second kappa shape index (κ2) is 9.64. The van der Waals surface area contributed by atoms with Crippen molar-refractivity contribution in [3.63, 3.8) is 0 Å². The van der Waals surface area contributed by atoms with Gasteiger partial charge in [-0.1, -0.05) is 30.3 Å². The highest BCUT2D eigenvalue weighted by Crippen LogP contribution is 2.09. The first-order valence-electron chi connectivity index (χ1n) is 8.97. The van der Waals surface area contributed by atoms with Crippen LogP contribution in [0, 0.1) is 0 Å². The van der Waals surface area contributed by atoms with E-state index in [-0.39, 0.29) is 18.1 Å². The fourth-order valence-corrected chi connectivity index (χ4v) is 2.97. The first-order chi connectivity index (χ1) is 11.5. The van der Waals surface area contributed by atoms with Crippen molar-refractivity contribution in [2.75, 3.05) is 19.8 Å². The Labute approximate surface area is 145 Å². The van der Waals surface area contributed by atoms with Gasteiger partial charge in [-0.15, -0.1) is 0 Å². The summed E-state index contributed by atoms with van der Waals surface area (Å²) in [5.74, 6) is 0. The molecule has 0 saturated carbocycles. The first-order valence-corrected chi connectivity index (χ1v) is 8.97. The van der Waals surface area contributed by atoms with Crippen molar-refractivity contribution >= 4 is 6.03 Å². The number of urea groups is 1. The summed E-state index contributed by atoms with van der Waals surface area (Å²) in [6, 6.07) is 11.1. The third-order valence-electron chi connectivity index (χ3n) is 4.40. The van der Waals surface area contributed by atoms with Gasteiger partial charge in [0.25, 0.3) is 0 Å². The summed E-state index contributed by atoms with van der Waals surface area (Å²) in [4.78, 5) is 14.5. The Morgan fingerprint density at radius 2 is 1.88 bits per heavy atom. The zero-order chi connectivity index (χ0) is 17.4. The molecule has 5 nitrogen and oxygen atoms in total. The van der Waals surface area contributed by atoms with Gasteiger partial charge in [-0.2, -0.15) is 0 Å². The summed E-state index contributed by atoms with van der Waals surface area (Å²) >= 11 is 0. The fraction of sp³-hybridized carbons (Fsp3) is 0.632. The molecule has 1 saturated heterocycles. The molecule has 1 atom stereocenters. The minimum absolute atomic E-state index is 0.0715. The quantitative estimate of drug-likeness (QED) is 0.807. The van der Waals surface area contributed by atoms with Crippen LogP contribution in [-0.4, -0.2) is 48.8 Å². The Kier molecular flexibility index (Phi) is 7.53. The molecule has 1 fully saturated rings. The summed E-state index contributed by atoms with van der Waals surface area (Å²) in [7, 11) is 0. The summed E-state index contributed by atoms with van der Waals surface area (Å²) in [5.41, 5.74) is 1.30. The summed E-state index contributed by atoms with van der Waals surface area (Å²) in [5, 5.41) is 6.12. The predicted octanol–water partition coefficient (Wildman–Crippen LogP) is 2.76. The molecule has 2 amide bonds. The molecular weight excluding hydrogens is 302 g/mol. The molecule has 2 rings (SSSR count). The van der Waals surface area contributed by atoms with Crippen LogP contribution in [0.4, 0.5) is 4.79 Å². The van der Waals surface area contributed by atoms with Gasteiger partial charge in [0.2, 0.25) is 0 Å². The van der Waals surface area contributed by atoms with Gasteiger partial charge in [0.1, 0.15) is 0 Å². The summed E-state index contributed by atoms with van der Waals surface area (Å²) in [6.45, 7) is 9.64. The van der Waals surface area contributed by atoms with Crippen LogP contribution in [0.1, 0.15) is 39.2 Å². The Bertz CT molecular complexity index is 487. The number of rotatable bonds is 7. The van der Waals surface area contributed by atoms with Crippen molar-refractivity contribution in [1.82, 2.24) is 15.5 Å². The Morgan fingerprint density at radius 1 is 1.21 bits per heavy atom. The van der Waals surface area contributed by atoms with Gasteiger partial charge in [-0.3, -0.25) is 4.90 Å². The molecule has 1 aromatic rings. The van der Waals surface area contributed by atoms with Gasteiger partial charge in [0.05, 0.1) is 0 Å². The average Bonchev–Trinajstić information content (AvgIpc) is 2.55. The van der Waals surface area contributed by atoms with Gasteiger partial charge in [0.15, 0.2) is 0 Å². The van der Waals surface area contributed by atoms with Crippen LogP contribution in [0.15, 0.2) is 30.3 Å². The second-order valence-corrected chi connectivity index (χ2v) is 6.91. The van der Waals surface area contributed by atoms with Crippen LogP contribution in [-0.2, 0) is 11.3 Å². The minimum atomic E-state index is -0.0715. The topological polar surface area (TPSA) is 53.6 Å². The van der Waals surface area contributed by atoms with E-state index in [2.05, 4.69) is 60.6 Å². The first kappa shape index (κ1) is 18.7. The molecule has 1 aliphatic rings. The molecule has 134 valence electrons. The van der Waals surface area contributed by atoms with Crippen LogP contribution in [0.2, 0.25) is 0 Å². The zero-order valence-electron chi connectivity index (χ0n) is 15.1. The van der Waals surface area contributed by atoms with Gasteiger partial charge < -0.3 is 15.4 Å². The van der Waals surface area contributed by atoms with Crippen molar-refractivity contribution in [1.29, 1.82) is 0 Å². The number of hydrogen-bond donors (Lipinski definition) is 2. The highest BCUT2D eigenvalue weighted by Gasteiger charge is 2.19. The van der Waals surface area contributed by atoms with Crippen molar-refractivity contribution in [3.05, 3.63) is 35.9 Å². The number of ether oxygens (including phenoxy) is 1. The summed E-state index contributed by atoms with van der Waals surface area (Å²) < 4.78 is 5.32. The number of carbonyl (C=O) groups excluding carboxylic acids is 1. The van der Waals surface area contributed by atoms with E-state index in [1.54, 1.807) is 0 Å². The van der Waals surface area contributed by atoms with Gasteiger partial charge in [0, 0.05) is 44.4 Å². The molecule has 0 spiro atoms. The maximum atomic E-state index is 12.1. The minimum Gasteiger partial charge on any atom is -0.381 e. The van der Waals surface area contributed by atoms with Gasteiger partial charge >= 0.3 is 6.03 Å².